The number of aromatic hydroxyl groups is 1. The van der Waals surface area contributed by atoms with Crippen LogP contribution in [0.15, 0.2) is 18.2 Å². The highest BCUT2D eigenvalue weighted by Gasteiger charge is 2.24. The summed E-state index contributed by atoms with van der Waals surface area (Å²) in [6.45, 7) is 6.89. The van der Waals surface area contributed by atoms with Crippen LogP contribution in [0.5, 0.6) is 11.5 Å². The van der Waals surface area contributed by atoms with E-state index in [0.29, 0.717) is 12.2 Å². The Morgan fingerprint density at radius 1 is 1.41 bits per heavy atom. The molecule has 1 aromatic carbocycles. The van der Waals surface area contributed by atoms with Gasteiger partial charge in [-0.05, 0) is 30.7 Å². The van der Waals surface area contributed by atoms with E-state index in [1.807, 2.05) is 6.92 Å². The maximum absolute atomic E-state index is 11.2. The van der Waals surface area contributed by atoms with Gasteiger partial charge in [0.2, 0.25) is 5.79 Å². The van der Waals surface area contributed by atoms with Gasteiger partial charge in [-0.2, -0.15) is 0 Å². The molecule has 0 atom stereocenters. The quantitative estimate of drug-likeness (QED) is 0.647. The molecule has 94 valence electrons. The van der Waals surface area contributed by atoms with Crippen LogP contribution in [0.1, 0.15) is 32.8 Å². The minimum Gasteiger partial charge on any atom is -0.508 e. The number of aryl methyl sites for hydroxylation is 1. The van der Waals surface area contributed by atoms with Gasteiger partial charge in [-0.15, -0.1) is 0 Å². The van der Waals surface area contributed by atoms with Crippen LogP contribution in [-0.4, -0.2) is 16.9 Å². The van der Waals surface area contributed by atoms with Crippen molar-refractivity contribution in [2.75, 3.05) is 0 Å². The molecule has 0 heterocycles. The summed E-state index contributed by atoms with van der Waals surface area (Å²) >= 11 is 0. The molecular formula is C13H18O4. The molecule has 0 amide bonds. The number of benzene rings is 1. The van der Waals surface area contributed by atoms with Crippen molar-refractivity contribution >= 4 is 5.97 Å². The van der Waals surface area contributed by atoms with Crippen LogP contribution in [0, 0.1) is 6.92 Å². The van der Waals surface area contributed by atoms with Gasteiger partial charge in [-0.1, -0.05) is 6.92 Å². The molecule has 0 spiro atoms. The normalized spacial score (nSPS) is 11.1. The molecule has 1 rings (SSSR count). The fourth-order valence-corrected chi connectivity index (χ4v) is 1.38. The molecule has 0 aliphatic heterocycles. The summed E-state index contributed by atoms with van der Waals surface area (Å²) in [5.74, 6) is -0.573. The third-order valence-corrected chi connectivity index (χ3v) is 2.16. The average Bonchev–Trinajstić information content (AvgIpc) is 2.21. The Balaban J connectivity index is 2.79. The first-order valence-corrected chi connectivity index (χ1v) is 5.54. The van der Waals surface area contributed by atoms with E-state index < -0.39 is 5.79 Å². The molecule has 0 fully saturated rings. The third-order valence-electron chi connectivity index (χ3n) is 2.16. The SMILES string of the molecule is CCC(=O)OC(C)(C)Oc1ccc(O)cc1C. The van der Waals surface area contributed by atoms with E-state index in [-0.39, 0.29) is 11.7 Å². The number of phenols is 1. The number of phenolic OH excluding ortho intramolecular Hbond substituents is 1. The van der Waals surface area contributed by atoms with Crippen LogP contribution < -0.4 is 4.74 Å². The van der Waals surface area contributed by atoms with Crippen LogP contribution in [0.4, 0.5) is 0 Å². The average molecular weight is 238 g/mol. The molecule has 4 heteroatoms. The second-order valence-electron chi connectivity index (χ2n) is 4.28. The van der Waals surface area contributed by atoms with Crippen molar-refractivity contribution in [3.8, 4) is 11.5 Å². The van der Waals surface area contributed by atoms with Gasteiger partial charge in [-0.25, -0.2) is 0 Å². The van der Waals surface area contributed by atoms with Crippen LogP contribution >= 0.6 is 0 Å². The van der Waals surface area contributed by atoms with Crippen molar-refractivity contribution in [3.63, 3.8) is 0 Å². The number of ether oxygens (including phenoxy) is 2. The first-order chi connectivity index (χ1) is 7.84. The van der Waals surface area contributed by atoms with Crippen molar-refractivity contribution in [2.24, 2.45) is 0 Å². The summed E-state index contributed by atoms with van der Waals surface area (Å²) < 4.78 is 10.8. The Bertz CT molecular complexity index is 410. The zero-order valence-corrected chi connectivity index (χ0v) is 10.6. The molecule has 0 aliphatic rings. The Morgan fingerprint density at radius 2 is 2.06 bits per heavy atom. The monoisotopic (exact) mass is 238 g/mol. The largest absolute Gasteiger partial charge is 0.508 e. The molecule has 0 bridgehead atoms. The summed E-state index contributed by atoms with van der Waals surface area (Å²) in [6.07, 6.45) is 0.307. The minimum atomic E-state index is -1.02. The van der Waals surface area contributed by atoms with Crippen LogP contribution in [0.2, 0.25) is 0 Å². The van der Waals surface area contributed by atoms with E-state index in [9.17, 15) is 9.90 Å². The van der Waals surface area contributed by atoms with Gasteiger partial charge >= 0.3 is 5.97 Å². The van der Waals surface area contributed by atoms with Gasteiger partial charge in [-0.3, -0.25) is 4.79 Å². The van der Waals surface area contributed by atoms with Crippen molar-refractivity contribution < 1.29 is 19.4 Å². The Hall–Kier alpha value is -1.71. The van der Waals surface area contributed by atoms with Crippen LogP contribution in [-0.2, 0) is 9.53 Å². The third kappa shape index (κ3) is 3.98. The highest BCUT2D eigenvalue weighted by atomic mass is 16.7. The van der Waals surface area contributed by atoms with E-state index >= 15 is 0 Å². The lowest BCUT2D eigenvalue weighted by molar-refractivity contribution is -0.186. The highest BCUT2D eigenvalue weighted by molar-refractivity contribution is 5.69. The van der Waals surface area contributed by atoms with Gasteiger partial charge in [0.1, 0.15) is 11.5 Å². The lowest BCUT2D eigenvalue weighted by Crippen LogP contribution is -2.34. The fourth-order valence-electron chi connectivity index (χ4n) is 1.38. The van der Waals surface area contributed by atoms with Crippen LogP contribution in [0.3, 0.4) is 0 Å². The second-order valence-corrected chi connectivity index (χ2v) is 4.28. The molecule has 1 aromatic rings. The topological polar surface area (TPSA) is 55.8 Å². The molecule has 0 saturated heterocycles. The maximum Gasteiger partial charge on any atom is 0.308 e. The predicted octanol–water partition coefficient (Wildman–Crippen LogP) is 2.77. The van der Waals surface area contributed by atoms with E-state index in [4.69, 9.17) is 9.47 Å². The molecule has 0 radical (unpaired) electrons. The van der Waals surface area contributed by atoms with Gasteiger partial charge in [0.25, 0.3) is 0 Å². The lowest BCUT2D eigenvalue weighted by atomic mass is 10.2. The summed E-state index contributed by atoms with van der Waals surface area (Å²) in [5, 5.41) is 9.28. The summed E-state index contributed by atoms with van der Waals surface area (Å²) in [5.41, 5.74) is 0.783. The summed E-state index contributed by atoms with van der Waals surface area (Å²) in [4.78, 5) is 11.2. The molecule has 0 aromatic heterocycles. The molecule has 0 unspecified atom stereocenters. The van der Waals surface area contributed by atoms with Crippen molar-refractivity contribution in [2.45, 2.75) is 39.9 Å². The van der Waals surface area contributed by atoms with E-state index in [1.165, 1.54) is 6.07 Å². The number of esters is 1. The van der Waals surface area contributed by atoms with Crippen molar-refractivity contribution in [1.82, 2.24) is 0 Å². The minimum absolute atomic E-state index is 0.179. The van der Waals surface area contributed by atoms with E-state index in [1.54, 1.807) is 32.9 Å². The molecule has 17 heavy (non-hydrogen) atoms. The fraction of sp³-hybridized carbons (Fsp3) is 0.462. The van der Waals surface area contributed by atoms with Crippen LogP contribution in [0.25, 0.3) is 0 Å². The number of carbonyl (C=O) groups excluding carboxylic acids is 1. The number of hydrogen-bond donors (Lipinski definition) is 1. The Morgan fingerprint density at radius 3 is 2.59 bits per heavy atom. The lowest BCUT2D eigenvalue weighted by Gasteiger charge is -2.26. The molecule has 1 N–H and O–H groups in total. The van der Waals surface area contributed by atoms with Gasteiger partial charge < -0.3 is 14.6 Å². The standard InChI is InChI=1S/C13H18O4/c1-5-12(15)17-13(3,4)16-11-7-6-10(14)8-9(11)2/h6-8,14H,5H2,1-4H3. The number of hydrogen-bond acceptors (Lipinski definition) is 4. The van der Waals surface area contributed by atoms with Crippen molar-refractivity contribution in [1.29, 1.82) is 0 Å². The first-order valence-electron chi connectivity index (χ1n) is 5.54. The highest BCUT2D eigenvalue weighted by Crippen LogP contribution is 2.26. The summed E-state index contributed by atoms with van der Waals surface area (Å²) in [7, 11) is 0. The predicted molar refractivity (Wildman–Crippen MR) is 63.9 cm³/mol. The van der Waals surface area contributed by atoms with Gasteiger partial charge in [0.05, 0.1) is 0 Å². The maximum atomic E-state index is 11.2. The summed E-state index contributed by atoms with van der Waals surface area (Å²) in [6, 6.07) is 4.76. The van der Waals surface area contributed by atoms with Crippen molar-refractivity contribution in [3.05, 3.63) is 23.8 Å². The van der Waals surface area contributed by atoms with E-state index in [2.05, 4.69) is 0 Å². The molecule has 4 nitrogen and oxygen atoms in total. The smallest absolute Gasteiger partial charge is 0.308 e. The zero-order valence-electron chi connectivity index (χ0n) is 10.6. The van der Waals surface area contributed by atoms with Gasteiger partial charge in [0, 0.05) is 20.3 Å². The van der Waals surface area contributed by atoms with Gasteiger partial charge in [0.15, 0.2) is 0 Å². The molecular weight excluding hydrogens is 220 g/mol. The Labute approximate surface area is 101 Å². The Kier molecular flexibility index (Phi) is 3.99. The van der Waals surface area contributed by atoms with E-state index in [0.717, 1.165) is 5.56 Å². The number of carbonyl (C=O) groups is 1. The zero-order chi connectivity index (χ0) is 13.1. The molecule has 0 saturated carbocycles. The molecule has 0 aliphatic carbocycles. The number of rotatable bonds is 4. The first kappa shape index (κ1) is 13.4. The second kappa shape index (κ2) is 5.08.